The second-order valence-corrected chi connectivity index (χ2v) is 6.62. The molecule has 6 nitrogen and oxygen atoms in total. The maximum Gasteiger partial charge on any atom is 0.278 e. The van der Waals surface area contributed by atoms with Crippen LogP contribution in [0.3, 0.4) is 0 Å². The number of carbonyl (C=O) groups is 1. The number of H-pyrrole nitrogens is 1. The van der Waals surface area contributed by atoms with Crippen LogP contribution < -0.4 is 4.90 Å². The zero-order chi connectivity index (χ0) is 17.7. The minimum absolute atomic E-state index is 0.133. The molecule has 0 saturated carbocycles. The fourth-order valence-corrected chi connectivity index (χ4v) is 3.45. The molecule has 128 valence electrons. The van der Waals surface area contributed by atoms with Gasteiger partial charge in [-0.15, -0.1) is 0 Å². The number of aromatic amines is 1. The Morgan fingerprint density at radius 2 is 1.88 bits per heavy atom. The van der Waals surface area contributed by atoms with Crippen LogP contribution in [0.5, 0.6) is 0 Å². The van der Waals surface area contributed by atoms with Crippen molar-refractivity contribution in [3.8, 4) is 11.3 Å². The first-order chi connectivity index (χ1) is 12.7. The predicted molar refractivity (Wildman–Crippen MR) is 100 cm³/mol. The van der Waals surface area contributed by atoms with Crippen molar-refractivity contribution in [3.63, 3.8) is 0 Å². The molecule has 2 aromatic heterocycles. The lowest BCUT2D eigenvalue weighted by molar-refractivity contribution is 0.0984. The van der Waals surface area contributed by atoms with Crippen molar-refractivity contribution in [1.82, 2.24) is 19.7 Å². The minimum Gasteiger partial charge on any atom is -0.308 e. The number of para-hydroxylation sites is 2. The van der Waals surface area contributed by atoms with Gasteiger partial charge in [-0.05, 0) is 30.3 Å². The van der Waals surface area contributed by atoms with Gasteiger partial charge in [0.15, 0.2) is 0 Å². The summed E-state index contributed by atoms with van der Waals surface area (Å²) in [7, 11) is 0. The highest BCUT2D eigenvalue weighted by molar-refractivity contribution is 6.30. The molecule has 0 bridgehead atoms. The number of hydrogen-bond donors (Lipinski definition) is 1. The van der Waals surface area contributed by atoms with Gasteiger partial charge in [0.05, 0.1) is 16.7 Å². The molecule has 1 amide bonds. The Morgan fingerprint density at radius 1 is 1.08 bits per heavy atom. The average molecular weight is 364 g/mol. The van der Waals surface area contributed by atoms with Crippen molar-refractivity contribution in [2.75, 3.05) is 11.4 Å². The average Bonchev–Trinajstić information content (AvgIpc) is 3.37. The van der Waals surface area contributed by atoms with Crippen LogP contribution in [0, 0.1) is 0 Å². The van der Waals surface area contributed by atoms with Gasteiger partial charge in [-0.1, -0.05) is 35.9 Å². The van der Waals surface area contributed by atoms with Gasteiger partial charge in [0.1, 0.15) is 5.69 Å². The normalized spacial score (nSPS) is 13.3. The van der Waals surface area contributed by atoms with Crippen LogP contribution >= 0.6 is 11.6 Å². The van der Waals surface area contributed by atoms with E-state index in [0.717, 1.165) is 23.1 Å². The van der Waals surface area contributed by atoms with Gasteiger partial charge in [0.25, 0.3) is 5.91 Å². The number of nitrogens with zero attached hydrogens (tertiary/aromatic N) is 4. The van der Waals surface area contributed by atoms with E-state index in [0.29, 0.717) is 28.9 Å². The quantitative estimate of drug-likeness (QED) is 0.590. The first-order valence-corrected chi connectivity index (χ1v) is 8.67. The molecule has 0 saturated heterocycles. The molecule has 0 spiro atoms. The molecular formula is C19H14ClN5O. The van der Waals surface area contributed by atoms with E-state index in [1.54, 1.807) is 23.1 Å². The number of carbonyl (C=O) groups excluding carboxylic acids is 1. The SMILES string of the molecule is O=C(c1cc(-c2ccc(Cl)cc2)n[nH]1)N1CCn2c1nc1ccccc12. The molecule has 1 N–H and O–H groups in total. The molecule has 2 aromatic carbocycles. The van der Waals surface area contributed by atoms with Crippen LogP contribution in [0.15, 0.2) is 54.6 Å². The summed E-state index contributed by atoms with van der Waals surface area (Å²) in [6, 6.07) is 17.0. The molecule has 5 rings (SSSR count). The number of hydrogen-bond acceptors (Lipinski definition) is 3. The van der Waals surface area contributed by atoms with Crippen LogP contribution in [0.4, 0.5) is 5.95 Å². The Balaban J connectivity index is 1.48. The summed E-state index contributed by atoms with van der Waals surface area (Å²) in [5, 5.41) is 7.78. The van der Waals surface area contributed by atoms with Gasteiger partial charge in [0.2, 0.25) is 5.95 Å². The zero-order valence-electron chi connectivity index (χ0n) is 13.7. The molecule has 26 heavy (non-hydrogen) atoms. The third kappa shape index (κ3) is 2.30. The molecule has 0 radical (unpaired) electrons. The number of aromatic nitrogens is 4. The van der Waals surface area contributed by atoms with Gasteiger partial charge in [0, 0.05) is 23.7 Å². The van der Waals surface area contributed by atoms with Crippen LogP contribution in [-0.4, -0.2) is 32.2 Å². The minimum atomic E-state index is -0.133. The van der Waals surface area contributed by atoms with Crippen LogP contribution in [0.25, 0.3) is 22.3 Å². The van der Waals surface area contributed by atoms with Crippen molar-refractivity contribution < 1.29 is 4.79 Å². The van der Waals surface area contributed by atoms with E-state index in [1.165, 1.54) is 0 Å². The fourth-order valence-electron chi connectivity index (χ4n) is 3.33. The van der Waals surface area contributed by atoms with Gasteiger partial charge in [-0.3, -0.25) is 14.8 Å². The molecule has 0 atom stereocenters. The van der Waals surface area contributed by atoms with Crippen molar-refractivity contribution in [2.45, 2.75) is 6.54 Å². The largest absolute Gasteiger partial charge is 0.308 e. The second kappa shape index (κ2) is 5.71. The summed E-state index contributed by atoms with van der Waals surface area (Å²) in [6.07, 6.45) is 0. The van der Waals surface area contributed by atoms with Crippen molar-refractivity contribution in [3.05, 3.63) is 65.3 Å². The number of halogens is 1. The lowest BCUT2D eigenvalue weighted by atomic mass is 10.1. The lowest BCUT2D eigenvalue weighted by Crippen LogP contribution is -2.29. The number of benzene rings is 2. The Morgan fingerprint density at radius 3 is 2.73 bits per heavy atom. The summed E-state index contributed by atoms with van der Waals surface area (Å²) in [5.41, 5.74) is 3.99. The number of fused-ring (bicyclic) bond motifs is 3. The van der Waals surface area contributed by atoms with E-state index in [2.05, 4.69) is 19.7 Å². The smallest absolute Gasteiger partial charge is 0.278 e. The molecule has 1 aliphatic heterocycles. The van der Waals surface area contributed by atoms with E-state index >= 15 is 0 Å². The highest BCUT2D eigenvalue weighted by Crippen LogP contribution is 2.28. The summed E-state index contributed by atoms with van der Waals surface area (Å²) in [4.78, 5) is 19.3. The summed E-state index contributed by atoms with van der Waals surface area (Å²) < 4.78 is 2.07. The van der Waals surface area contributed by atoms with Crippen molar-refractivity contribution in [2.24, 2.45) is 0 Å². The number of amides is 1. The number of rotatable bonds is 2. The fraction of sp³-hybridized carbons (Fsp3) is 0.105. The number of imidazole rings is 1. The first-order valence-electron chi connectivity index (χ1n) is 8.29. The van der Waals surface area contributed by atoms with E-state index in [-0.39, 0.29) is 5.91 Å². The summed E-state index contributed by atoms with van der Waals surface area (Å²) >= 11 is 5.92. The highest BCUT2D eigenvalue weighted by atomic mass is 35.5. The molecule has 3 heterocycles. The molecule has 7 heteroatoms. The summed E-state index contributed by atoms with van der Waals surface area (Å²) in [6.45, 7) is 1.33. The van der Waals surface area contributed by atoms with E-state index < -0.39 is 0 Å². The molecular weight excluding hydrogens is 350 g/mol. The van der Waals surface area contributed by atoms with Gasteiger partial charge < -0.3 is 4.57 Å². The monoisotopic (exact) mass is 363 g/mol. The number of anilines is 1. The molecule has 0 unspecified atom stereocenters. The van der Waals surface area contributed by atoms with E-state index in [1.807, 2.05) is 36.4 Å². The Kier molecular flexibility index (Phi) is 3.33. The van der Waals surface area contributed by atoms with Gasteiger partial charge in [-0.25, -0.2) is 4.98 Å². The molecule has 4 aromatic rings. The van der Waals surface area contributed by atoms with Crippen molar-refractivity contribution >= 4 is 34.5 Å². The number of nitrogens with one attached hydrogen (secondary N) is 1. The molecule has 0 fully saturated rings. The van der Waals surface area contributed by atoms with Gasteiger partial charge in [-0.2, -0.15) is 5.10 Å². The topological polar surface area (TPSA) is 66.8 Å². The lowest BCUT2D eigenvalue weighted by Gasteiger charge is -2.12. The van der Waals surface area contributed by atoms with Gasteiger partial charge >= 0.3 is 0 Å². The maximum absolute atomic E-state index is 13.0. The van der Waals surface area contributed by atoms with E-state index in [9.17, 15) is 4.79 Å². The molecule has 1 aliphatic rings. The summed E-state index contributed by atoms with van der Waals surface area (Å²) in [5.74, 6) is 0.547. The van der Waals surface area contributed by atoms with E-state index in [4.69, 9.17) is 11.6 Å². The van der Waals surface area contributed by atoms with Crippen molar-refractivity contribution in [1.29, 1.82) is 0 Å². The van der Waals surface area contributed by atoms with Crippen LogP contribution in [-0.2, 0) is 6.54 Å². The maximum atomic E-state index is 13.0. The Hall–Kier alpha value is -3.12. The Bertz CT molecular complexity index is 1130. The van der Waals surface area contributed by atoms with Crippen LogP contribution in [0.2, 0.25) is 5.02 Å². The Labute approximate surface area is 154 Å². The third-order valence-corrected chi connectivity index (χ3v) is 4.87. The molecule has 0 aliphatic carbocycles. The standard InChI is InChI=1S/C19H14ClN5O/c20-13-7-5-12(6-8-13)15-11-16(23-22-15)18(26)25-10-9-24-17-4-2-1-3-14(17)21-19(24)25/h1-8,11H,9-10H2,(H,22,23). The highest BCUT2D eigenvalue weighted by Gasteiger charge is 2.30. The zero-order valence-corrected chi connectivity index (χ0v) is 14.4. The third-order valence-electron chi connectivity index (χ3n) is 4.62. The second-order valence-electron chi connectivity index (χ2n) is 6.18. The predicted octanol–water partition coefficient (Wildman–Crippen LogP) is 3.74. The first kappa shape index (κ1) is 15.2. The van der Waals surface area contributed by atoms with Crippen LogP contribution in [0.1, 0.15) is 10.5 Å².